The number of nitrogens with zero attached hydrogens (tertiary/aromatic N) is 3. The Morgan fingerprint density at radius 2 is 1.78 bits per heavy atom. The minimum atomic E-state index is -1.03. The molecule has 6 heteroatoms. The number of unbranched alkanes of at least 4 members (excludes halogenated alkanes) is 5. The number of carboxylic acids is 1. The predicted octanol–water partition coefficient (Wildman–Crippen LogP) is 5.92. The average molecular weight is 430 g/mol. The van der Waals surface area contributed by atoms with Gasteiger partial charge in [0.2, 0.25) is 0 Å². The van der Waals surface area contributed by atoms with Gasteiger partial charge in [0.05, 0.1) is 5.52 Å². The van der Waals surface area contributed by atoms with E-state index in [4.69, 9.17) is 4.98 Å². The van der Waals surface area contributed by atoms with Crippen molar-refractivity contribution in [3.8, 4) is 11.5 Å². The van der Waals surface area contributed by atoms with Gasteiger partial charge in [-0.2, -0.15) is 0 Å². The molecule has 0 aliphatic carbocycles. The first-order valence-electron chi connectivity index (χ1n) is 9.47. The van der Waals surface area contributed by atoms with Gasteiger partial charge >= 0.3 is 5.97 Å². The van der Waals surface area contributed by atoms with Crippen LogP contribution in [0.4, 0.5) is 0 Å². The summed E-state index contributed by atoms with van der Waals surface area (Å²) in [5, 5.41) is 9.26. The predicted molar refractivity (Wildman–Crippen MR) is 111 cm³/mol. The third-order valence-corrected chi connectivity index (χ3v) is 5.30. The van der Waals surface area contributed by atoms with Crippen LogP contribution in [0.3, 0.4) is 0 Å². The van der Waals surface area contributed by atoms with Gasteiger partial charge in [-0.25, -0.2) is 14.8 Å². The fourth-order valence-corrected chi connectivity index (χ4v) is 3.71. The Morgan fingerprint density at radius 1 is 1.04 bits per heavy atom. The molecule has 0 saturated carbocycles. The summed E-state index contributed by atoms with van der Waals surface area (Å²) in [6, 6.07) is 11.1. The van der Waals surface area contributed by atoms with E-state index in [1.54, 1.807) is 6.07 Å². The molecule has 0 unspecified atom stereocenters. The smallest absolute Gasteiger partial charge is 0.354 e. The van der Waals surface area contributed by atoms with Gasteiger partial charge in [-0.15, -0.1) is 0 Å². The molecule has 0 amide bonds. The van der Waals surface area contributed by atoms with E-state index in [2.05, 4.69) is 38.5 Å². The molecule has 2 aromatic heterocycles. The van der Waals surface area contributed by atoms with Gasteiger partial charge in [-0.1, -0.05) is 51.2 Å². The number of carboxylic acid groups (broad SMARTS) is 1. The summed E-state index contributed by atoms with van der Waals surface area (Å²) in [6.07, 6.45) is 7.30. The molecule has 0 bridgehead atoms. The standard InChI is InChI=1S/C21H24BrN3O2/c1-2-3-4-5-6-7-14-25-18-13-8-10-15(22)19(18)24-20(25)16-11-9-12-17(23-16)21(26)27/h8-13H,2-7,14H2,1H3,(H,26,27). The highest BCUT2D eigenvalue weighted by atomic mass is 79.9. The van der Waals surface area contributed by atoms with Crippen molar-refractivity contribution in [1.29, 1.82) is 0 Å². The maximum Gasteiger partial charge on any atom is 0.354 e. The van der Waals surface area contributed by atoms with Gasteiger partial charge in [0.1, 0.15) is 16.9 Å². The molecule has 0 radical (unpaired) electrons. The van der Waals surface area contributed by atoms with Crippen molar-refractivity contribution in [2.45, 2.75) is 52.0 Å². The van der Waals surface area contributed by atoms with Crippen LogP contribution in [0.25, 0.3) is 22.6 Å². The number of carbonyl (C=O) groups is 1. The Hall–Kier alpha value is -2.21. The van der Waals surface area contributed by atoms with E-state index < -0.39 is 5.97 Å². The van der Waals surface area contributed by atoms with E-state index in [0.29, 0.717) is 11.5 Å². The van der Waals surface area contributed by atoms with Gasteiger partial charge < -0.3 is 9.67 Å². The van der Waals surface area contributed by atoms with Gasteiger partial charge in [0, 0.05) is 11.0 Å². The number of aryl methyl sites for hydroxylation is 1. The molecule has 0 spiro atoms. The van der Waals surface area contributed by atoms with Crippen LogP contribution in [0, 0.1) is 0 Å². The first-order valence-corrected chi connectivity index (χ1v) is 10.3. The maximum absolute atomic E-state index is 11.3. The zero-order valence-electron chi connectivity index (χ0n) is 15.5. The molecule has 5 nitrogen and oxygen atoms in total. The van der Waals surface area contributed by atoms with E-state index in [1.165, 1.54) is 38.2 Å². The van der Waals surface area contributed by atoms with Crippen LogP contribution < -0.4 is 0 Å². The number of para-hydroxylation sites is 1. The van der Waals surface area contributed by atoms with Crippen LogP contribution in [0.1, 0.15) is 55.9 Å². The zero-order chi connectivity index (χ0) is 19.2. The average Bonchev–Trinajstić information content (AvgIpc) is 3.05. The van der Waals surface area contributed by atoms with Crippen molar-refractivity contribution in [3.63, 3.8) is 0 Å². The second-order valence-corrected chi connectivity index (χ2v) is 7.53. The van der Waals surface area contributed by atoms with E-state index >= 15 is 0 Å². The highest BCUT2D eigenvalue weighted by Gasteiger charge is 2.16. The number of hydrogen-bond acceptors (Lipinski definition) is 3. The Balaban J connectivity index is 1.93. The first-order chi connectivity index (χ1) is 13.1. The second kappa shape index (κ2) is 9.13. The first kappa shape index (κ1) is 19.5. The SMILES string of the molecule is CCCCCCCCn1c(-c2cccc(C(=O)O)n2)nc2c(Br)cccc21. The van der Waals surface area contributed by atoms with Gasteiger partial charge in [0.15, 0.2) is 5.82 Å². The van der Waals surface area contributed by atoms with Crippen LogP contribution in [0.5, 0.6) is 0 Å². The quantitative estimate of drug-likeness (QED) is 0.428. The monoisotopic (exact) mass is 429 g/mol. The third-order valence-electron chi connectivity index (χ3n) is 4.66. The summed E-state index contributed by atoms with van der Waals surface area (Å²) in [5.74, 6) is -0.315. The number of pyridine rings is 1. The number of rotatable bonds is 9. The molecule has 3 aromatic rings. The molecule has 1 N–H and O–H groups in total. The molecule has 0 atom stereocenters. The number of hydrogen-bond donors (Lipinski definition) is 1. The largest absolute Gasteiger partial charge is 0.477 e. The summed E-state index contributed by atoms with van der Waals surface area (Å²) >= 11 is 3.57. The van der Waals surface area contributed by atoms with Gasteiger partial charge in [0.25, 0.3) is 0 Å². The van der Waals surface area contributed by atoms with Crippen LogP contribution in [0.15, 0.2) is 40.9 Å². The Labute approximate surface area is 167 Å². The van der Waals surface area contributed by atoms with Crippen molar-refractivity contribution in [2.75, 3.05) is 0 Å². The number of imidazole rings is 1. The van der Waals surface area contributed by atoms with Crippen molar-refractivity contribution in [3.05, 3.63) is 46.6 Å². The van der Waals surface area contributed by atoms with Crippen LogP contribution in [-0.2, 0) is 6.54 Å². The van der Waals surface area contributed by atoms with Crippen molar-refractivity contribution in [1.82, 2.24) is 14.5 Å². The lowest BCUT2D eigenvalue weighted by Crippen LogP contribution is -2.05. The summed E-state index contributed by atoms with van der Waals surface area (Å²) in [6.45, 7) is 3.06. The molecule has 0 aliphatic rings. The number of aromatic nitrogens is 3. The van der Waals surface area contributed by atoms with E-state index in [9.17, 15) is 9.90 Å². The number of benzene rings is 1. The lowest BCUT2D eigenvalue weighted by atomic mass is 10.1. The van der Waals surface area contributed by atoms with Crippen LogP contribution >= 0.6 is 15.9 Å². The number of fused-ring (bicyclic) bond motifs is 1. The Bertz CT molecular complexity index is 936. The number of halogens is 1. The van der Waals surface area contributed by atoms with E-state index in [-0.39, 0.29) is 5.69 Å². The molecular formula is C21H24BrN3O2. The second-order valence-electron chi connectivity index (χ2n) is 6.68. The van der Waals surface area contributed by atoms with Crippen molar-refractivity contribution in [2.24, 2.45) is 0 Å². The fourth-order valence-electron chi connectivity index (χ4n) is 3.26. The molecular weight excluding hydrogens is 406 g/mol. The zero-order valence-corrected chi connectivity index (χ0v) is 17.1. The number of aromatic carboxylic acids is 1. The molecule has 3 rings (SSSR count). The molecule has 2 heterocycles. The lowest BCUT2D eigenvalue weighted by Gasteiger charge is -2.09. The summed E-state index contributed by atoms with van der Waals surface area (Å²) in [5.41, 5.74) is 2.53. The topological polar surface area (TPSA) is 68.0 Å². The van der Waals surface area contributed by atoms with Crippen molar-refractivity contribution < 1.29 is 9.90 Å². The molecule has 142 valence electrons. The van der Waals surface area contributed by atoms with Gasteiger partial charge in [-0.05, 0) is 46.6 Å². The highest BCUT2D eigenvalue weighted by molar-refractivity contribution is 9.10. The summed E-state index contributed by atoms with van der Waals surface area (Å²) in [4.78, 5) is 20.4. The summed E-state index contributed by atoms with van der Waals surface area (Å²) < 4.78 is 3.09. The van der Waals surface area contributed by atoms with Crippen LogP contribution in [-0.4, -0.2) is 25.6 Å². The molecule has 1 aromatic carbocycles. The van der Waals surface area contributed by atoms with Crippen LogP contribution in [0.2, 0.25) is 0 Å². The highest BCUT2D eigenvalue weighted by Crippen LogP contribution is 2.29. The lowest BCUT2D eigenvalue weighted by molar-refractivity contribution is 0.0690. The molecule has 0 saturated heterocycles. The van der Waals surface area contributed by atoms with Crippen molar-refractivity contribution >= 4 is 32.9 Å². The summed E-state index contributed by atoms with van der Waals surface area (Å²) in [7, 11) is 0. The molecule has 0 aliphatic heterocycles. The van der Waals surface area contributed by atoms with E-state index in [1.807, 2.05) is 18.2 Å². The minimum Gasteiger partial charge on any atom is -0.477 e. The van der Waals surface area contributed by atoms with E-state index in [0.717, 1.165) is 28.5 Å². The van der Waals surface area contributed by atoms with Gasteiger partial charge in [-0.3, -0.25) is 0 Å². The normalized spacial score (nSPS) is 11.2. The maximum atomic E-state index is 11.3. The Kier molecular flexibility index (Phi) is 6.61. The fraction of sp³-hybridized carbons (Fsp3) is 0.381. The third kappa shape index (κ3) is 4.56. The molecule has 0 fully saturated rings. The minimum absolute atomic E-state index is 0.0322. The molecule has 27 heavy (non-hydrogen) atoms. The Morgan fingerprint density at radius 3 is 2.56 bits per heavy atom.